The molecule has 0 unspecified atom stereocenters. The van der Waals surface area contributed by atoms with Crippen LogP contribution < -0.4 is 10.6 Å². The fourth-order valence-corrected chi connectivity index (χ4v) is 4.68. The predicted molar refractivity (Wildman–Crippen MR) is 133 cm³/mol. The van der Waals surface area contributed by atoms with Crippen LogP contribution in [-0.2, 0) is 15.1 Å². The van der Waals surface area contributed by atoms with Gasteiger partial charge in [0, 0.05) is 12.2 Å². The van der Waals surface area contributed by atoms with E-state index < -0.39 is 53.7 Å². The molecule has 4 N–H and O–H groups in total. The third kappa shape index (κ3) is 6.48. The molecule has 1 aliphatic rings. The number of aromatic nitrogens is 2. The van der Waals surface area contributed by atoms with E-state index in [2.05, 4.69) is 15.7 Å². The Morgan fingerprint density at radius 3 is 2.08 bits per heavy atom. The van der Waals surface area contributed by atoms with Crippen LogP contribution in [0.2, 0.25) is 0 Å². The fourth-order valence-electron chi connectivity index (χ4n) is 4.68. The summed E-state index contributed by atoms with van der Waals surface area (Å²) in [6, 6.07) is -4.20. The highest BCUT2D eigenvalue weighted by Crippen LogP contribution is 2.34. The van der Waals surface area contributed by atoms with Crippen LogP contribution in [0.4, 0.5) is 13.2 Å². The van der Waals surface area contributed by atoms with Gasteiger partial charge in [0.1, 0.15) is 12.1 Å². The maximum Gasteiger partial charge on any atom is 0.445 e. The van der Waals surface area contributed by atoms with Crippen LogP contribution >= 0.6 is 0 Å². The van der Waals surface area contributed by atoms with E-state index in [-0.39, 0.29) is 24.4 Å². The molecule has 38 heavy (non-hydrogen) atoms. The molecule has 10 nitrogen and oxygen atoms in total. The van der Waals surface area contributed by atoms with Crippen molar-refractivity contribution in [1.82, 2.24) is 25.3 Å². The Morgan fingerprint density at radius 1 is 1.05 bits per heavy atom. The van der Waals surface area contributed by atoms with Gasteiger partial charge in [-0.05, 0) is 52.4 Å². The molecule has 3 amide bonds. The summed E-state index contributed by atoms with van der Waals surface area (Å²) in [5.41, 5.74) is 0.541. The molecule has 0 saturated carbocycles. The Morgan fingerprint density at radius 2 is 1.63 bits per heavy atom. The zero-order chi connectivity index (χ0) is 29.4. The second-order valence-electron chi connectivity index (χ2n) is 11.6. The topological polar surface area (TPSA) is 137 Å². The lowest BCUT2D eigenvalue weighted by Gasteiger charge is -2.37. The molecule has 0 aliphatic carbocycles. The smallest absolute Gasteiger partial charge is 0.357 e. The lowest BCUT2D eigenvalue weighted by molar-refractivity contribution is -0.362. The van der Waals surface area contributed by atoms with Gasteiger partial charge in [0.25, 0.3) is 11.7 Å². The Labute approximate surface area is 220 Å². The minimum Gasteiger partial charge on any atom is -0.357 e. The molecule has 1 fully saturated rings. The van der Waals surface area contributed by atoms with Crippen LogP contribution in [0.25, 0.3) is 0 Å². The lowest BCUT2D eigenvalue weighted by Crippen LogP contribution is -2.65. The molecule has 1 aromatic heterocycles. The van der Waals surface area contributed by atoms with Crippen molar-refractivity contribution >= 4 is 17.7 Å². The second-order valence-corrected chi connectivity index (χ2v) is 11.6. The average Bonchev–Trinajstić information content (AvgIpc) is 3.40. The highest BCUT2D eigenvalue weighted by molar-refractivity contribution is 5.99. The number of aliphatic hydroxyl groups is 2. The van der Waals surface area contributed by atoms with Gasteiger partial charge in [-0.25, -0.2) is 0 Å². The quantitative estimate of drug-likeness (QED) is 0.368. The summed E-state index contributed by atoms with van der Waals surface area (Å²) in [4.78, 5) is 40.9. The van der Waals surface area contributed by atoms with Crippen LogP contribution in [0.3, 0.4) is 0 Å². The number of alkyl halides is 3. The highest BCUT2D eigenvalue weighted by Gasteiger charge is 2.59. The first-order chi connectivity index (χ1) is 17.2. The van der Waals surface area contributed by atoms with Gasteiger partial charge < -0.3 is 25.7 Å². The molecule has 1 saturated heterocycles. The molecule has 0 spiro atoms. The summed E-state index contributed by atoms with van der Waals surface area (Å²) in [7, 11) is 0. The Hall–Kier alpha value is -2.67. The van der Waals surface area contributed by atoms with Crippen molar-refractivity contribution < 1.29 is 37.8 Å². The highest BCUT2D eigenvalue weighted by atomic mass is 19.4. The van der Waals surface area contributed by atoms with Crippen LogP contribution in [0, 0.1) is 18.8 Å². The first-order valence-electron chi connectivity index (χ1n) is 12.7. The number of hydrogen-bond donors (Lipinski definition) is 4. The molecule has 1 aromatic rings. The monoisotopic (exact) mass is 547 g/mol. The zero-order valence-corrected chi connectivity index (χ0v) is 23.2. The van der Waals surface area contributed by atoms with Gasteiger partial charge in [0.15, 0.2) is 0 Å². The van der Waals surface area contributed by atoms with Gasteiger partial charge in [-0.1, -0.05) is 27.7 Å². The van der Waals surface area contributed by atoms with Crippen LogP contribution in [0.15, 0.2) is 6.20 Å². The first-order valence-corrected chi connectivity index (χ1v) is 12.7. The molecule has 13 heteroatoms. The molecule has 3 atom stereocenters. The van der Waals surface area contributed by atoms with Crippen molar-refractivity contribution in [3.63, 3.8) is 0 Å². The van der Waals surface area contributed by atoms with Gasteiger partial charge in [-0.15, -0.1) is 0 Å². The minimum absolute atomic E-state index is 0.159. The average molecular weight is 548 g/mol. The largest absolute Gasteiger partial charge is 0.445 e. The molecular formula is C25H40F3N5O5. The standard InChI is InChI=1S/C25H40F3N5O5/c1-13(2)18(30-20(34)16-12-29-33(15(16)5)23(6,7)8)22(36)32-11-9-10-17(32)21(35)31-19(14(3)4)24(37,38)25(26,27)28/h12-14,17-19,37-38H,9-11H2,1-8H3,(H,30,34)(H,31,35)/t17-,18-,19-/m0/s1. The van der Waals surface area contributed by atoms with Crippen molar-refractivity contribution in [3.8, 4) is 0 Å². The third-order valence-corrected chi connectivity index (χ3v) is 6.76. The van der Waals surface area contributed by atoms with Crippen molar-refractivity contribution in [2.75, 3.05) is 6.54 Å². The van der Waals surface area contributed by atoms with E-state index in [4.69, 9.17) is 0 Å². The maximum atomic E-state index is 13.5. The van der Waals surface area contributed by atoms with Crippen LogP contribution in [0.1, 0.15) is 77.4 Å². The molecule has 2 heterocycles. The number of nitrogens with one attached hydrogen (secondary N) is 2. The van der Waals surface area contributed by atoms with Crippen LogP contribution in [0.5, 0.6) is 0 Å². The van der Waals surface area contributed by atoms with Gasteiger partial charge in [0.05, 0.1) is 23.3 Å². The summed E-state index contributed by atoms with van der Waals surface area (Å²) in [5, 5.41) is 28.7. The number of nitrogens with zero attached hydrogens (tertiary/aromatic N) is 3. The molecule has 0 bridgehead atoms. The number of halogens is 3. The Balaban J connectivity index is 2.25. The second kappa shape index (κ2) is 11.2. The SMILES string of the molecule is Cc1c(C(=O)N[C@H](C(=O)N2CCC[C@H]2C(=O)N[C@@H](C(C)C)C(O)(O)C(F)(F)F)C(C)C)cnn1C(C)(C)C. The van der Waals surface area contributed by atoms with E-state index in [0.29, 0.717) is 17.7 Å². The summed E-state index contributed by atoms with van der Waals surface area (Å²) < 4.78 is 41.5. The zero-order valence-electron chi connectivity index (χ0n) is 23.2. The minimum atomic E-state index is -5.41. The molecular weight excluding hydrogens is 507 g/mol. The molecule has 0 aromatic carbocycles. The number of carbonyl (C=O) groups is 3. The first kappa shape index (κ1) is 31.5. The molecule has 1 aliphatic heterocycles. The number of likely N-dealkylation sites (tertiary alicyclic amines) is 1. The summed E-state index contributed by atoms with van der Waals surface area (Å²) in [5.74, 6) is -7.51. The Kier molecular flexibility index (Phi) is 9.31. The molecule has 216 valence electrons. The summed E-state index contributed by atoms with van der Waals surface area (Å²) in [6.07, 6.45) is -3.40. The van der Waals surface area contributed by atoms with E-state index in [1.54, 1.807) is 25.5 Å². The lowest BCUT2D eigenvalue weighted by atomic mass is 9.94. The van der Waals surface area contributed by atoms with E-state index in [1.807, 2.05) is 20.8 Å². The fraction of sp³-hybridized carbons (Fsp3) is 0.760. The Bertz CT molecular complexity index is 1030. The molecule has 0 radical (unpaired) electrons. The number of hydrogen-bond acceptors (Lipinski definition) is 6. The predicted octanol–water partition coefficient (Wildman–Crippen LogP) is 2.08. The van der Waals surface area contributed by atoms with Crippen molar-refractivity contribution in [3.05, 3.63) is 17.5 Å². The van der Waals surface area contributed by atoms with E-state index in [1.165, 1.54) is 24.9 Å². The van der Waals surface area contributed by atoms with Crippen molar-refractivity contribution in [1.29, 1.82) is 0 Å². The van der Waals surface area contributed by atoms with Gasteiger partial charge >= 0.3 is 6.18 Å². The number of carbonyl (C=O) groups excluding carboxylic acids is 3. The van der Waals surface area contributed by atoms with Gasteiger partial charge in [-0.2, -0.15) is 18.3 Å². The van der Waals surface area contributed by atoms with Crippen molar-refractivity contribution in [2.24, 2.45) is 11.8 Å². The summed E-state index contributed by atoms with van der Waals surface area (Å²) >= 11 is 0. The summed E-state index contributed by atoms with van der Waals surface area (Å²) in [6.45, 7) is 13.8. The van der Waals surface area contributed by atoms with Crippen LogP contribution in [-0.4, -0.2) is 79.2 Å². The normalized spacial score (nSPS) is 18.6. The molecule has 2 rings (SSSR count). The number of rotatable bonds is 8. The van der Waals surface area contributed by atoms with Gasteiger partial charge in [-0.3, -0.25) is 19.1 Å². The van der Waals surface area contributed by atoms with E-state index in [0.717, 1.165) is 0 Å². The van der Waals surface area contributed by atoms with E-state index in [9.17, 15) is 37.8 Å². The van der Waals surface area contributed by atoms with E-state index >= 15 is 0 Å². The number of amides is 3. The maximum absolute atomic E-state index is 13.5. The third-order valence-electron chi connectivity index (χ3n) is 6.76. The van der Waals surface area contributed by atoms with Crippen molar-refractivity contribution in [2.45, 2.75) is 104 Å². The van der Waals surface area contributed by atoms with Gasteiger partial charge in [0.2, 0.25) is 11.8 Å².